The summed E-state index contributed by atoms with van der Waals surface area (Å²) in [5.74, 6) is 0.465. The quantitative estimate of drug-likeness (QED) is 0.392. The summed E-state index contributed by atoms with van der Waals surface area (Å²) >= 11 is -1.75. The molecule has 0 saturated heterocycles. The zero-order valence-electron chi connectivity index (χ0n) is 5.60. The minimum atomic E-state index is -1.75. The van der Waals surface area contributed by atoms with Crippen molar-refractivity contribution in [2.75, 3.05) is 0 Å². The Bertz CT molecular complexity index is 189. The van der Waals surface area contributed by atoms with E-state index in [9.17, 15) is 0 Å². The summed E-state index contributed by atoms with van der Waals surface area (Å²) in [4.78, 5) is 3.91. The second-order valence-electron chi connectivity index (χ2n) is 1.50. The van der Waals surface area contributed by atoms with Gasteiger partial charge in [-0.05, 0) is 12.1 Å². The van der Waals surface area contributed by atoms with Gasteiger partial charge in [0.15, 0.2) is 5.75 Å². The van der Waals surface area contributed by atoms with E-state index in [2.05, 4.69) is 4.89 Å². The molecule has 2 N–H and O–H groups in total. The molecule has 0 atom stereocenters. The van der Waals surface area contributed by atoms with Crippen LogP contribution >= 0.6 is 0 Å². The maximum absolute atomic E-state index is 8.61. The van der Waals surface area contributed by atoms with E-state index in [4.69, 9.17) is 12.3 Å². The third-order valence-electron chi connectivity index (χ3n) is 0.849. The van der Waals surface area contributed by atoms with Gasteiger partial charge in [0.1, 0.15) is 0 Å². The van der Waals surface area contributed by atoms with Crippen LogP contribution in [-0.2, 0) is 22.8 Å². The second-order valence-corrected chi connectivity index (χ2v) is 1.78. The van der Waals surface area contributed by atoms with Crippen LogP contribution in [0.15, 0.2) is 30.3 Å². The third kappa shape index (κ3) is 5.88. The number of rotatable bonds is 1. The third-order valence-corrected chi connectivity index (χ3v) is 0.849. The van der Waals surface area contributed by atoms with E-state index in [-0.39, 0.29) is 0 Å². The molecule has 11 heavy (non-hydrogen) atoms. The predicted molar refractivity (Wildman–Crippen MR) is 32.6 cm³/mol. The molecule has 0 spiro atoms. The fourth-order valence-corrected chi connectivity index (χ4v) is 0.481. The Balaban J connectivity index is 0.000000292. The van der Waals surface area contributed by atoms with Crippen molar-refractivity contribution in [2.24, 2.45) is 0 Å². The Morgan fingerprint density at radius 3 is 2.00 bits per heavy atom. The van der Waals surface area contributed by atoms with Crippen molar-refractivity contribution in [2.45, 2.75) is 0 Å². The summed E-state index contributed by atoms with van der Waals surface area (Å²) in [5.41, 5.74) is 0. The van der Waals surface area contributed by atoms with E-state index >= 15 is 0 Å². The molecule has 0 aliphatic carbocycles. The number of hydrogen-bond donors (Lipinski definition) is 2. The number of benzene rings is 1. The van der Waals surface area contributed by atoms with Crippen LogP contribution in [0, 0.1) is 0 Å². The van der Waals surface area contributed by atoms with E-state index in [0.29, 0.717) is 5.75 Å². The monoisotopic (exact) mass is 191 g/mol. The molecule has 0 unspecified atom stereocenters. The molecule has 4 nitrogen and oxygen atoms in total. The van der Waals surface area contributed by atoms with Crippen LogP contribution in [-0.4, -0.2) is 8.95 Å². The van der Waals surface area contributed by atoms with Crippen molar-refractivity contribution in [3.05, 3.63) is 30.3 Å². The summed E-state index contributed by atoms with van der Waals surface area (Å²) in [6.45, 7) is 0. The van der Waals surface area contributed by atoms with Gasteiger partial charge in [-0.1, -0.05) is 18.2 Å². The Kier molecular flexibility index (Phi) is 7.19. The van der Waals surface area contributed by atoms with Crippen LogP contribution in [0.4, 0.5) is 0 Å². The number of hydrogen-bond acceptors (Lipinski definition) is 3. The fraction of sp³-hybridized carbons (Fsp3) is 0. The van der Waals surface area contributed by atoms with Crippen LogP contribution in [0.1, 0.15) is 0 Å². The minimum absolute atomic E-state index is 0.465. The van der Waals surface area contributed by atoms with Crippen molar-refractivity contribution in [1.82, 2.24) is 0 Å². The van der Waals surface area contributed by atoms with E-state index in [1.165, 1.54) is 0 Å². The van der Waals surface area contributed by atoms with Gasteiger partial charge < -0.3 is 4.89 Å². The van der Waals surface area contributed by atoms with Gasteiger partial charge in [0, 0.05) is 0 Å². The zero-order valence-corrected chi connectivity index (χ0v) is 7.16. The topological polar surface area (TPSA) is 66.8 Å². The molecular weight excluding hydrogens is 184 g/mol. The summed E-state index contributed by atoms with van der Waals surface area (Å²) < 4.78 is 15.8. The van der Waals surface area contributed by atoms with E-state index < -0.39 is 19.5 Å². The van der Waals surface area contributed by atoms with Gasteiger partial charge in [0.05, 0.1) is 0 Å². The van der Waals surface area contributed by atoms with Crippen LogP contribution in [0.25, 0.3) is 0 Å². The van der Waals surface area contributed by atoms with E-state index in [0.717, 1.165) is 0 Å². The second kappa shape index (κ2) is 7.56. The van der Waals surface area contributed by atoms with Gasteiger partial charge in [0.25, 0.3) is 0 Å². The molecule has 1 aromatic carbocycles. The van der Waals surface area contributed by atoms with Crippen molar-refractivity contribution in [3.8, 4) is 5.75 Å². The molecule has 59 valence electrons. The normalized spacial score (nSPS) is 7.09. The van der Waals surface area contributed by atoms with Gasteiger partial charge in [0.2, 0.25) is 0 Å². The fourth-order valence-electron chi connectivity index (χ4n) is 0.481. The molecule has 0 fully saturated rings. The Morgan fingerprint density at radius 2 is 1.73 bits per heavy atom. The van der Waals surface area contributed by atoms with Crippen LogP contribution in [0.2, 0.25) is 0 Å². The Hall–Kier alpha value is -0.546. The summed E-state index contributed by atoms with van der Waals surface area (Å²) in [6.07, 6.45) is 0. The zero-order chi connectivity index (χ0) is 8.53. The van der Waals surface area contributed by atoms with Crippen molar-refractivity contribution < 1.29 is 36.7 Å². The molecule has 1 rings (SSSR count). The first-order chi connectivity index (χ1) is 5.35. The Labute approximate surface area is 73.1 Å². The molecule has 0 saturated carbocycles. The van der Waals surface area contributed by atoms with Crippen LogP contribution < -0.4 is 4.89 Å². The van der Waals surface area contributed by atoms with Crippen molar-refractivity contribution >= 4 is 0 Å². The first-order valence-electron chi connectivity index (χ1n) is 2.73. The standard InChI is InChI=1S/C6H6O2.H2O.O.Ti/c7-8-6-4-2-1-3-5-6;;;/h1-5,7H;1H2;;/q;;;+1/p-1. The van der Waals surface area contributed by atoms with Gasteiger partial charge in [-0.2, -0.15) is 0 Å². The molecule has 1 aromatic rings. The van der Waals surface area contributed by atoms with Crippen LogP contribution in [0.5, 0.6) is 5.75 Å². The maximum atomic E-state index is 8.61. The van der Waals surface area contributed by atoms with Gasteiger partial charge in [-0.15, -0.1) is 0 Å². The molecule has 0 amide bonds. The molecule has 5 heteroatoms. The average Bonchev–Trinajstić information content (AvgIpc) is 2.08. The van der Waals surface area contributed by atoms with E-state index in [1.54, 1.807) is 24.3 Å². The summed E-state index contributed by atoms with van der Waals surface area (Å²) in [5, 5.41) is 8.04. The molecule has 0 aliphatic rings. The molecular formula is C6H7O4Ti. The predicted octanol–water partition coefficient (Wildman–Crippen LogP) is 0.860. The molecule has 0 aromatic heterocycles. The molecule has 0 heterocycles. The van der Waals surface area contributed by atoms with Crippen molar-refractivity contribution in [3.63, 3.8) is 0 Å². The number of para-hydroxylation sites is 1. The first kappa shape index (κ1) is 10.5. The first-order valence-corrected chi connectivity index (χ1v) is 4.06. The molecule has 0 radical (unpaired) electrons. The van der Waals surface area contributed by atoms with Gasteiger partial charge >= 0.3 is 26.5 Å². The summed E-state index contributed by atoms with van der Waals surface area (Å²) in [7, 11) is 0. The Morgan fingerprint density at radius 1 is 1.27 bits per heavy atom. The van der Waals surface area contributed by atoms with Gasteiger partial charge in [-0.3, -0.25) is 0 Å². The van der Waals surface area contributed by atoms with Crippen molar-refractivity contribution in [1.29, 1.82) is 0 Å². The van der Waals surface area contributed by atoms with Gasteiger partial charge in [-0.25, -0.2) is 5.26 Å². The van der Waals surface area contributed by atoms with Crippen LogP contribution in [0.3, 0.4) is 0 Å². The molecule has 0 aliphatic heterocycles. The van der Waals surface area contributed by atoms with E-state index in [1.807, 2.05) is 6.07 Å². The molecule has 0 bridgehead atoms. The average molecular weight is 191 g/mol. The summed E-state index contributed by atoms with van der Waals surface area (Å²) in [6, 6.07) is 8.75. The SMILES string of the molecule is OOc1ccccc1.[O]=[Ti][OH].